The Morgan fingerprint density at radius 1 is 1.33 bits per heavy atom. The lowest BCUT2D eigenvalue weighted by Gasteiger charge is -1.97. The zero-order chi connectivity index (χ0) is 8.55. The fourth-order valence-corrected chi connectivity index (χ4v) is 1.23. The van der Waals surface area contributed by atoms with Crippen molar-refractivity contribution in [1.82, 2.24) is 0 Å². The third-order valence-electron chi connectivity index (χ3n) is 1.95. The Morgan fingerprint density at radius 2 is 2.17 bits per heavy atom. The monoisotopic (exact) mass is 158 g/mol. The van der Waals surface area contributed by atoms with E-state index in [2.05, 4.69) is 12.6 Å². The number of hydrogen-bond acceptors (Lipinski definition) is 1. The minimum absolute atomic E-state index is 0.931. The molecule has 0 amide bonds. The largest absolute Gasteiger partial charge is 0.464 e. The summed E-state index contributed by atoms with van der Waals surface area (Å²) in [7, 11) is 0. The molecule has 1 heteroatoms. The summed E-state index contributed by atoms with van der Waals surface area (Å²) in [5.74, 6) is 0. The van der Waals surface area contributed by atoms with Gasteiger partial charge in [-0.1, -0.05) is 18.2 Å². The maximum Gasteiger partial charge on any atom is 0.133 e. The maximum atomic E-state index is 5.22. The van der Waals surface area contributed by atoms with E-state index in [1.54, 1.807) is 6.26 Å². The second-order valence-electron chi connectivity index (χ2n) is 2.95. The Morgan fingerprint density at radius 3 is 2.92 bits per heavy atom. The molecule has 12 heavy (non-hydrogen) atoms. The van der Waals surface area contributed by atoms with Crippen molar-refractivity contribution < 1.29 is 4.42 Å². The van der Waals surface area contributed by atoms with E-state index in [0.717, 1.165) is 16.5 Å². The molecular formula is C11H10O. The Hall–Kier alpha value is -1.50. The van der Waals surface area contributed by atoms with Gasteiger partial charge in [-0.05, 0) is 30.7 Å². The molecule has 0 aliphatic carbocycles. The number of fused-ring (bicyclic) bond motifs is 1. The molecule has 2 aromatic rings. The van der Waals surface area contributed by atoms with E-state index in [1.807, 2.05) is 25.1 Å². The summed E-state index contributed by atoms with van der Waals surface area (Å²) >= 11 is 0. The number of hydrogen-bond donors (Lipinski definition) is 0. The van der Waals surface area contributed by atoms with Gasteiger partial charge in [-0.25, -0.2) is 0 Å². The van der Waals surface area contributed by atoms with Gasteiger partial charge in [-0.2, -0.15) is 0 Å². The van der Waals surface area contributed by atoms with Crippen LogP contribution in [0, 0.1) is 0 Å². The van der Waals surface area contributed by atoms with Gasteiger partial charge < -0.3 is 4.42 Å². The van der Waals surface area contributed by atoms with Crippen LogP contribution in [0.1, 0.15) is 12.5 Å². The van der Waals surface area contributed by atoms with Gasteiger partial charge >= 0.3 is 0 Å². The predicted molar refractivity (Wildman–Crippen MR) is 50.9 cm³/mol. The first kappa shape index (κ1) is 7.17. The molecule has 0 aliphatic heterocycles. The van der Waals surface area contributed by atoms with Crippen LogP contribution in [-0.4, -0.2) is 0 Å². The van der Waals surface area contributed by atoms with Crippen LogP contribution in [0.5, 0.6) is 0 Å². The topological polar surface area (TPSA) is 13.1 Å². The van der Waals surface area contributed by atoms with Gasteiger partial charge in [0.1, 0.15) is 5.58 Å². The van der Waals surface area contributed by atoms with Crippen molar-refractivity contribution >= 4 is 16.5 Å². The van der Waals surface area contributed by atoms with Crippen LogP contribution in [0.15, 0.2) is 41.5 Å². The molecule has 1 aromatic heterocycles. The Labute approximate surface area is 71.3 Å². The van der Waals surface area contributed by atoms with Crippen molar-refractivity contribution in [3.8, 4) is 0 Å². The lowest BCUT2D eigenvalue weighted by Crippen LogP contribution is -1.75. The minimum atomic E-state index is 0.931. The van der Waals surface area contributed by atoms with Crippen LogP contribution in [0.25, 0.3) is 16.5 Å². The third kappa shape index (κ3) is 1.03. The highest BCUT2D eigenvalue weighted by Crippen LogP contribution is 2.20. The van der Waals surface area contributed by atoms with Gasteiger partial charge in [0.2, 0.25) is 0 Å². The Balaban J connectivity index is 2.68. The molecule has 60 valence electrons. The molecule has 0 bridgehead atoms. The molecule has 1 heterocycles. The molecule has 1 nitrogen and oxygen atoms in total. The van der Waals surface area contributed by atoms with Gasteiger partial charge in [0, 0.05) is 5.39 Å². The second-order valence-corrected chi connectivity index (χ2v) is 2.95. The molecule has 0 saturated heterocycles. The summed E-state index contributed by atoms with van der Waals surface area (Å²) in [4.78, 5) is 0. The van der Waals surface area contributed by atoms with Crippen LogP contribution < -0.4 is 0 Å². The maximum absolute atomic E-state index is 5.22. The summed E-state index contributed by atoms with van der Waals surface area (Å²) in [6.07, 6.45) is 1.70. The summed E-state index contributed by atoms with van der Waals surface area (Å²) in [5.41, 5.74) is 3.18. The highest BCUT2D eigenvalue weighted by Gasteiger charge is 1.98. The highest BCUT2D eigenvalue weighted by molar-refractivity contribution is 5.81. The summed E-state index contributed by atoms with van der Waals surface area (Å²) in [5, 5.41) is 1.13. The first-order valence-corrected chi connectivity index (χ1v) is 3.90. The molecule has 0 N–H and O–H groups in total. The van der Waals surface area contributed by atoms with E-state index in [0.29, 0.717) is 0 Å². The zero-order valence-electron chi connectivity index (χ0n) is 7.00. The lowest BCUT2D eigenvalue weighted by atomic mass is 10.1. The molecule has 0 aliphatic rings. The van der Waals surface area contributed by atoms with Crippen molar-refractivity contribution in [2.45, 2.75) is 6.92 Å². The molecular weight excluding hydrogens is 148 g/mol. The quantitative estimate of drug-likeness (QED) is 0.619. The minimum Gasteiger partial charge on any atom is -0.464 e. The number of benzene rings is 1. The van der Waals surface area contributed by atoms with Crippen LogP contribution in [-0.2, 0) is 0 Å². The van der Waals surface area contributed by atoms with Crippen molar-refractivity contribution in [3.05, 3.63) is 42.7 Å². The van der Waals surface area contributed by atoms with E-state index in [4.69, 9.17) is 4.42 Å². The van der Waals surface area contributed by atoms with Crippen molar-refractivity contribution in [1.29, 1.82) is 0 Å². The highest BCUT2D eigenvalue weighted by atomic mass is 16.3. The first-order valence-electron chi connectivity index (χ1n) is 3.90. The van der Waals surface area contributed by atoms with Gasteiger partial charge in [0.15, 0.2) is 0 Å². The Bertz CT molecular complexity index is 423. The van der Waals surface area contributed by atoms with E-state index in [9.17, 15) is 0 Å². The molecule has 0 spiro atoms. The molecule has 0 fully saturated rings. The van der Waals surface area contributed by atoms with Crippen molar-refractivity contribution in [3.63, 3.8) is 0 Å². The van der Waals surface area contributed by atoms with Gasteiger partial charge in [-0.15, -0.1) is 0 Å². The fraction of sp³-hybridized carbons (Fsp3) is 0.0909. The molecule has 1 aromatic carbocycles. The lowest BCUT2D eigenvalue weighted by molar-refractivity contribution is 0.616. The molecule has 2 rings (SSSR count). The summed E-state index contributed by atoms with van der Waals surface area (Å²) < 4.78 is 5.22. The van der Waals surface area contributed by atoms with Crippen molar-refractivity contribution in [2.24, 2.45) is 0 Å². The number of rotatable bonds is 1. The molecule has 0 saturated carbocycles. The SMILES string of the molecule is C=C(C)c1ccc2occc2c1. The number of allylic oxidation sites excluding steroid dienone is 1. The zero-order valence-corrected chi connectivity index (χ0v) is 7.00. The van der Waals surface area contributed by atoms with E-state index >= 15 is 0 Å². The van der Waals surface area contributed by atoms with Crippen LogP contribution in [0.2, 0.25) is 0 Å². The third-order valence-corrected chi connectivity index (χ3v) is 1.95. The molecule has 0 radical (unpaired) electrons. The van der Waals surface area contributed by atoms with Gasteiger partial charge in [0.05, 0.1) is 6.26 Å². The molecule has 0 atom stereocenters. The average Bonchev–Trinajstić information content (AvgIpc) is 2.49. The predicted octanol–water partition coefficient (Wildman–Crippen LogP) is 3.47. The van der Waals surface area contributed by atoms with Crippen LogP contribution in [0.3, 0.4) is 0 Å². The smallest absolute Gasteiger partial charge is 0.133 e. The van der Waals surface area contributed by atoms with Gasteiger partial charge in [0.25, 0.3) is 0 Å². The summed E-state index contributed by atoms with van der Waals surface area (Å²) in [6.45, 7) is 5.89. The number of furan rings is 1. The normalized spacial score (nSPS) is 10.4. The van der Waals surface area contributed by atoms with E-state index in [1.165, 1.54) is 5.56 Å². The second kappa shape index (κ2) is 2.52. The Kier molecular flexibility index (Phi) is 1.51. The first-order chi connectivity index (χ1) is 5.77. The molecule has 0 unspecified atom stereocenters. The fourth-order valence-electron chi connectivity index (χ4n) is 1.23. The standard InChI is InChI=1S/C11H10O/c1-8(2)9-3-4-11-10(7-9)5-6-12-11/h3-7H,1H2,2H3. The van der Waals surface area contributed by atoms with E-state index in [-0.39, 0.29) is 0 Å². The average molecular weight is 158 g/mol. The summed E-state index contributed by atoms with van der Waals surface area (Å²) in [6, 6.07) is 8.04. The van der Waals surface area contributed by atoms with Gasteiger partial charge in [-0.3, -0.25) is 0 Å². The van der Waals surface area contributed by atoms with Crippen LogP contribution >= 0.6 is 0 Å². The van der Waals surface area contributed by atoms with Crippen molar-refractivity contribution in [2.75, 3.05) is 0 Å². The van der Waals surface area contributed by atoms with Crippen LogP contribution in [0.4, 0.5) is 0 Å². The van der Waals surface area contributed by atoms with E-state index < -0.39 is 0 Å².